The van der Waals surface area contributed by atoms with Gasteiger partial charge >= 0.3 is 0 Å². The number of amides is 1. The van der Waals surface area contributed by atoms with Gasteiger partial charge in [0.2, 0.25) is 11.7 Å². The van der Waals surface area contributed by atoms with Crippen LogP contribution in [0.25, 0.3) is 0 Å². The average Bonchev–Trinajstić information content (AvgIpc) is 2.98. The minimum atomic E-state index is -1.36. The van der Waals surface area contributed by atoms with Crippen LogP contribution < -0.4 is 16.2 Å². The van der Waals surface area contributed by atoms with E-state index in [0.717, 1.165) is 48.8 Å². The molecule has 1 unspecified atom stereocenters. The second kappa shape index (κ2) is 19.4. The Bertz CT molecular complexity index is 1260. The second-order valence-electron chi connectivity index (χ2n) is 10.5. The molecule has 1 aliphatic rings. The number of nitrogens with one attached hydrogen (secondary N) is 2. The van der Waals surface area contributed by atoms with Crippen LogP contribution >= 0.6 is 0 Å². The van der Waals surface area contributed by atoms with Crippen LogP contribution in [0.2, 0.25) is 0 Å². The van der Waals surface area contributed by atoms with Crippen molar-refractivity contribution in [2.75, 3.05) is 18.9 Å². The van der Waals surface area contributed by atoms with Gasteiger partial charge in [0, 0.05) is 49.9 Å². The van der Waals surface area contributed by atoms with E-state index in [9.17, 15) is 27.6 Å². The number of rotatable bonds is 16. The van der Waals surface area contributed by atoms with Crippen LogP contribution in [0, 0.1) is 11.7 Å². The van der Waals surface area contributed by atoms with Gasteiger partial charge < -0.3 is 15.2 Å². The lowest BCUT2D eigenvalue weighted by atomic mass is 9.83. The molecule has 1 atom stereocenters. The van der Waals surface area contributed by atoms with Gasteiger partial charge in [0.05, 0.1) is 17.9 Å². The lowest BCUT2D eigenvalue weighted by Crippen LogP contribution is -2.29. The summed E-state index contributed by atoms with van der Waals surface area (Å²) in [5.41, 5.74) is 0.903. The van der Waals surface area contributed by atoms with Crippen molar-refractivity contribution in [3.8, 4) is 0 Å². The molecule has 1 fully saturated rings. The van der Waals surface area contributed by atoms with Crippen molar-refractivity contribution in [2.24, 2.45) is 11.0 Å². The maximum atomic E-state index is 14.5. The number of nitrogens with zero attached hydrogens (tertiary/aromatic N) is 4. The van der Waals surface area contributed by atoms with E-state index in [-0.39, 0.29) is 31.1 Å². The number of allylic oxidation sites excluding steroid dienone is 1. The zero-order chi connectivity index (χ0) is 31.6. The number of aryl methyl sites for hydroxylation is 1. The SMILES string of the molecule is CCC/C=N/N(/C=C(\C)C=O)CC(F)CCn1ccc(NC(=O)CC2CCC2)c(F)c1=O.CNCc1ccc(CF)nc1. The minimum Gasteiger partial charge on any atom is -0.323 e. The Kier molecular flexibility index (Phi) is 16.0. The molecule has 2 aromatic heterocycles. The number of pyridine rings is 2. The van der Waals surface area contributed by atoms with Crippen molar-refractivity contribution >= 4 is 24.1 Å². The maximum absolute atomic E-state index is 14.5. The molecule has 0 aromatic carbocycles. The topological polar surface area (TPSA) is 109 Å². The number of alkyl halides is 2. The molecule has 0 radical (unpaired) electrons. The molecule has 0 saturated heterocycles. The summed E-state index contributed by atoms with van der Waals surface area (Å²) in [5, 5.41) is 11.0. The quantitative estimate of drug-likeness (QED) is 0.116. The van der Waals surface area contributed by atoms with Gasteiger partial charge in [-0.15, -0.1) is 0 Å². The molecule has 43 heavy (non-hydrogen) atoms. The van der Waals surface area contributed by atoms with Crippen LogP contribution in [0.5, 0.6) is 0 Å². The molecule has 2 aromatic rings. The molecule has 9 nitrogen and oxygen atoms in total. The molecule has 1 saturated carbocycles. The summed E-state index contributed by atoms with van der Waals surface area (Å²) in [6.45, 7) is 3.74. The lowest BCUT2D eigenvalue weighted by molar-refractivity contribution is -0.117. The molecular weight excluding hydrogens is 561 g/mol. The van der Waals surface area contributed by atoms with Gasteiger partial charge in [0.15, 0.2) is 0 Å². The third-order valence-corrected chi connectivity index (χ3v) is 6.74. The number of aromatic nitrogens is 2. The molecule has 1 amide bonds. The van der Waals surface area contributed by atoms with E-state index in [1.54, 1.807) is 25.4 Å². The molecule has 12 heteroatoms. The second-order valence-corrected chi connectivity index (χ2v) is 10.5. The van der Waals surface area contributed by atoms with E-state index in [1.807, 2.05) is 20.0 Å². The summed E-state index contributed by atoms with van der Waals surface area (Å²) in [5.74, 6) is -1.03. The summed E-state index contributed by atoms with van der Waals surface area (Å²) in [6, 6.07) is 4.89. The predicted octanol–water partition coefficient (Wildman–Crippen LogP) is 5.31. The Morgan fingerprint density at radius 3 is 2.65 bits per heavy atom. The van der Waals surface area contributed by atoms with Crippen molar-refractivity contribution in [1.29, 1.82) is 0 Å². The summed E-state index contributed by atoms with van der Waals surface area (Å²) in [6.07, 6.45) is 10.4. The summed E-state index contributed by atoms with van der Waals surface area (Å²) in [7, 11) is 1.86. The molecule has 3 rings (SSSR count). The van der Waals surface area contributed by atoms with Crippen LogP contribution in [-0.2, 0) is 29.4 Å². The predicted molar refractivity (Wildman–Crippen MR) is 163 cm³/mol. The number of carbonyl (C=O) groups excluding carboxylic acids is 2. The summed E-state index contributed by atoms with van der Waals surface area (Å²) in [4.78, 5) is 39.0. The van der Waals surface area contributed by atoms with Gasteiger partial charge in [-0.2, -0.15) is 9.49 Å². The largest absolute Gasteiger partial charge is 0.323 e. The molecule has 236 valence electrons. The number of anilines is 1. The van der Waals surface area contributed by atoms with E-state index >= 15 is 0 Å². The van der Waals surface area contributed by atoms with Gasteiger partial charge in [0.25, 0.3) is 5.56 Å². The van der Waals surface area contributed by atoms with Crippen molar-refractivity contribution in [3.63, 3.8) is 0 Å². The zero-order valence-electron chi connectivity index (χ0n) is 25.2. The first-order valence-electron chi connectivity index (χ1n) is 14.6. The fraction of sp³-hybridized carbons (Fsp3) is 0.516. The van der Waals surface area contributed by atoms with Crippen LogP contribution in [0.1, 0.15) is 70.1 Å². The highest BCUT2D eigenvalue weighted by atomic mass is 19.1. The number of halogens is 3. The first kappa shape index (κ1) is 35.4. The van der Waals surface area contributed by atoms with Gasteiger partial charge in [-0.3, -0.25) is 24.4 Å². The number of unbranched alkanes of at least 4 members (excludes halogenated alkanes) is 1. The Morgan fingerprint density at radius 1 is 1.30 bits per heavy atom. The minimum absolute atomic E-state index is 0.0316. The highest BCUT2D eigenvalue weighted by molar-refractivity contribution is 5.90. The highest BCUT2D eigenvalue weighted by Gasteiger charge is 2.22. The number of hydrazone groups is 1. The van der Waals surface area contributed by atoms with Crippen molar-refractivity contribution in [3.05, 3.63) is 69.8 Å². The standard InChI is InChI=1S/C23H32F2N4O3.C8H11FN2/c1-3-4-10-26-29(14-17(2)16-30)15-19(24)8-11-28-12-9-20(22(25)23(28)32)27-21(31)13-18-6-5-7-18;1-10-5-7-2-3-8(4-9)11-6-7/h9-10,12,14,16,18-19H,3-8,11,13,15H2,1-2H3,(H,27,31);2-3,6,10H,4-5H2,1H3/b17-14+,26-10+;. The third-order valence-electron chi connectivity index (χ3n) is 6.74. The maximum Gasteiger partial charge on any atom is 0.288 e. The molecule has 0 aliphatic heterocycles. The number of hydrogen-bond donors (Lipinski definition) is 2. The Morgan fingerprint density at radius 2 is 2.07 bits per heavy atom. The molecular formula is C31H43F3N6O3. The normalized spacial score (nSPS) is 14.0. The van der Waals surface area contributed by atoms with E-state index < -0.39 is 24.2 Å². The number of hydrogen-bond acceptors (Lipinski definition) is 7. The van der Waals surface area contributed by atoms with Gasteiger partial charge in [-0.05, 0) is 63.3 Å². The number of aldehydes is 1. The van der Waals surface area contributed by atoms with Crippen molar-refractivity contribution in [1.82, 2.24) is 19.9 Å². The van der Waals surface area contributed by atoms with Gasteiger partial charge in [-0.1, -0.05) is 25.8 Å². The van der Waals surface area contributed by atoms with Gasteiger partial charge in [0.1, 0.15) is 19.1 Å². The zero-order valence-corrected chi connectivity index (χ0v) is 25.2. The fourth-order valence-corrected chi connectivity index (χ4v) is 4.09. The molecule has 2 N–H and O–H groups in total. The Labute approximate surface area is 251 Å². The fourth-order valence-electron chi connectivity index (χ4n) is 4.09. The van der Waals surface area contributed by atoms with E-state index in [2.05, 4.69) is 20.7 Å². The first-order valence-corrected chi connectivity index (χ1v) is 14.6. The lowest BCUT2D eigenvalue weighted by Gasteiger charge is -2.24. The van der Waals surface area contributed by atoms with Crippen molar-refractivity contribution in [2.45, 2.75) is 84.7 Å². The van der Waals surface area contributed by atoms with Crippen LogP contribution in [0.15, 0.2) is 52.3 Å². The highest BCUT2D eigenvalue weighted by Crippen LogP contribution is 2.29. The Balaban J connectivity index is 0.000000490. The van der Waals surface area contributed by atoms with E-state index in [0.29, 0.717) is 29.9 Å². The van der Waals surface area contributed by atoms with Crippen LogP contribution in [0.4, 0.5) is 18.9 Å². The van der Waals surface area contributed by atoms with Crippen LogP contribution in [0.3, 0.4) is 0 Å². The first-order chi connectivity index (χ1) is 20.7. The van der Waals surface area contributed by atoms with E-state index in [4.69, 9.17) is 0 Å². The van der Waals surface area contributed by atoms with Crippen LogP contribution in [-0.4, -0.2) is 52.7 Å². The monoisotopic (exact) mass is 604 g/mol. The molecule has 0 bridgehead atoms. The third kappa shape index (κ3) is 12.9. The molecule has 1 aliphatic carbocycles. The van der Waals surface area contributed by atoms with Gasteiger partial charge in [-0.25, -0.2) is 8.78 Å². The summed E-state index contributed by atoms with van der Waals surface area (Å²) < 4.78 is 42.0. The number of carbonyl (C=O) groups is 2. The molecule has 0 spiro atoms. The van der Waals surface area contributed by atoms with E-state index in [1.165, 1.54) is 23.5 Å². The Hall–Kier alpha value is -3.80. The summed E-state index contributed by atoms with van der Waals surface area (Å²) >= 11 is 0. The average molecular weight is 605 g/mol. The molecule has 2 heterocycles. The van der Waals surface area contributed by atoms with Crippen molar-refractivity contribution < 1.29 is 22.8 Å². The smallest absolute Gasteiger partial charge is 0.288 e.